The van der Waals surface area contributed by atoms with Crippen LogP contribution in [0.4, 0.5) is 10.1 Å². The molecule has 0 saturated carbocycles. The first-order valence-corrected chi connectivity index (χ1v) is 11.6. The Labute approximate surface area is 217 Å². The number of carbonyl (C=O) groups excluding carboxylic acids is 1. The Morgan fingerprint density at radius 1 is 1.06 bits per heavy atom. The van der Waals surface area contributed by atoms with Gasteiger partial charge in [0, 0.05) is 30.7 Å². The van der Waals surface area contributed by atoms with E-state index >= 15 is 0 Å². The number of aryl methyl sites for hydroxylation is 1. The van der Waals surface area contributed by atoms with Crippen molar-refractivity contribution in [2.45, 2.75) is 26.3 Å². The Morgan fingerprint density at radius 3 is 2.51 bits per heavy atom. The molecule has 0 aliphatic carbocycles. The van der Waals surface area contributed by atoms with Gasteiger partial charge in [-0.05, 0) is 62.2 Å². The number of likely N-dealkylation sites (tertiary alicyclic amines) is 1. The molecule has 3 heterocycles. The predicted molar refractivity (Wildman–Crippen MR) is 141 cm³/mol. The number of fused-ring (bicyclic) bond motifs is 3. The first kappa shape index (κ1) is 27.1. The van der Waals surface area contributed by atoms with Crippen molar-refractivity contribution in [2.75, 3.05) is 38.3 Å². The van der Waals surface area contributed by atoms with Crippen LogP contribution in [0.5, 0.6) is 11.5 Å². The maximum absolute atomic E-state index is 13.7. The predicted octanol–water partition coefficient (Wildman–Crippen LogP) is 5.44. The summed E-state index contributed by atoms with van der Waals surface area (Å²) in [5.74, 6) is 1.70. The molecule has 6 nitrogen and oxygen atoms in total. The van der Waals surface area contributed by atoms with Crippen LogP contribution in [0.1, 0.15) is 35.8 Å². The summed E-state index contributed by atoms with van der Waals surface area (Å²) in [4.78, 5) is 17.5. The summed E-state index contributed by atoms with van der Waals surface area (Å²) in [6.45, 7) is 6.40. The molecule has 2 aromatic carbocycles. The topological polar surface area (TPSA) is 46.9 Å². The number of nitrogens with zero attached hydrogens (tertiary/aromatic N) is 3. The molecular weight excluding hydrogens is 492 g/mol. The fourth-order valence-corrected chi connectivity index (χ4v) is 4.97. The molecule has 190 valence electrons. The summed E-state index contributed by atoms with van der Waals surface area (Å²) in [6, 6.07) is 10.2. The third kappa shape index (κ3) is 5.08. The fraction of sp³-hybridized carbons (Fsp3) is 0.423. The summed E-state index contributed by atoms with van der Waals surface area (Å²) >= 11 is 0. The number of piperidine rings is 1. The third-order valence-corrected chi connectivity index (χ3v) is 7.05. The summed E-state index contributed by atoms with van der Waals surface area (Å²) in [7, 11) is 3.50. The third-order valence-electron chi connectivity index (χ3n) is 7.05. The number of hydrogen-bond donors (Lipinski definition) is 0. The Kier molecular flexibility index (Phi) is 8.57. The molecule has 0 N–H and O–H groups in total. The van der Waals surface area contributed by atoms with Crippen molar-refractivity contribution >= 4 is 47.3 Å². The number of amides is 1. The van der Waals surface area contributed by atoms with Gasteiger partial charge in [0.15, 0.2) is 11.5 Å². The fourth-order valence-electron chi connectivity index (χ4n) is 4.97. The second-order valence-electron chi connectivity index (χ2n) is 9.14. The molecule has 5 rings (SSSR count). The van der Waals surface area contributed by atoms with Crippen molar-refractivity contribution < 1.29 is 18.7 Å². The molecule has 35 heavy (non-hydrogen) atoms. The molecule has 9 heteroatoms. The molecule has 1 amide bonds. The molecule has 2 aliphatic rings. The smallest absolute Gasteiger partial charge is 0.261 e. The summed E-state index contributed by atoms with van der Waals surface area (Å²) in [5.41, 5.74) is 3.02. The molecular formula is C26H32Cl2FN3O3. The van der Waals surface area contributed by atoms with Gasteiger partial charge >= 0.3 is 0 Å². The molecule has 3 aromatic rings. The van der Waals surface area contributed by atoms with Gasteiger partial charge in [-0.15, -0.1) is 24.8 Å². The largest absolute Gasteiger partial charge is 0.493 e. The highest BCUT2D eigenvalue weighted by molar-refractivity contribution is 6.18. The van der Waals surface area contributed by atoms with E-state index in [0.29, 0.717) is 30.2 Å². The summed E-state index contributed by atoms with van der Waals surface area (Å²) < 4.78 is 27.3. The molecule has 1 fully saturated rings. The lowest BCUT2D eigenvalue weighted by Crippen LogP contribution is -2.35. The van der Waals surface area contributed by atoms with Crippen LogP contribution >= 0.6 is 24.8 Å². The monoisotopic (exact) mass is 523 g/mol. The van der Waals surface area contributed by atoms with Crippen molar-refractivity contribution in [1.82, 2.24) is 9.47 Å². The zero-order chi connectivity index (χ0) is 23.1. The van der Waals surface area contributed by atoms with Crippen molar-refractivity contribution in [3.8, 4) is 11.5 Å². The SMILES string of the molecule is COc1ccc(N2Cc3c(c4ccc(F)cc4n3C)C2=O)cc1OCCN1CCC(C)CC1.Cl.Cl. The number of ether oxygens (including phenoxy) is 2. The van der Waals surface area contributed by atoms with Crippen LogP contribution in [0.25, 0.3) is 10.9 Å². The molecule has 0 spiro atoms. The van der Waals surface area contributed by atoms with Crippen LogP contribution in [0.15, 0.2) is 36.4 Å². The van der Waals surface area contributed by atoms with E-state index in [0.717, 1.165) is 47.8 Å². The van der Waals surface area contributed by atoms with Crippen LogP contribution in [0.2, 0.25) is 0 Å². The van der Waals surface area contributed by atoms with Gasteiger partial charge in [-0.1, -0.05) is 6.92 Å². The second kappa shape index (κ2) is 11.1. The molecule has 0 radical (unpaired) electrons. The van der Waals surface area contributed by atoms with Crippen LogP contribution in [0, 0.1) is 11.7 Å². The number of carbonyl (C=O) groups is 1. The maximum Gasteiger partial charge on any atom is 0.261 e. The van der Waals surface area contributed by atoms with E-state index in [-0.39, 0.29) is 36.5 Å². The van der Waals surface area contributed by atoms with E-state index in [9.17, 15) is 9.18 Å². The lowest BCUT2D eigenvalue weighted by molar-refractivity contribution is 0.0998. The van der Waals surface area contributed by atoms with Gasteiger partial charge in [0.25, 0.3) is 5.91 Å². The van der Waals surface area contributed by atoms with Gasteiger partial charge < -0.3 is 18.9 Å². The Morgan fingerprint density at radius 2 is 1.80 bits per heavy atom. The molecule has 0 unspecified atom stereocenters. The molecule has 1 saturated heterocycles. The second-order valence-corrected chi connectivity index (χ2v) is 9.14. The average molecular weight is 524 g/mol. The highest BCUT2D eigenvalue weighted by Crippen LogP contribution is 2.38. The lowest BCUT2D eigenvalue weighted by atomic mass is 9.99. The van der Waals surface area contributed by atoms with Crippen molar-refractivity contribution in [3.63, 3.8) is 0 Å². The van der Waals surface area contributed by atoms with Gasteiger partial charge in [0.05, 0.1) is 30.4 Å². The molecule has 0 bridgehead atoms. The highest BCUT2D eigenvalue weighted by Gasteiger charge is 2.34. The number of hydrogen-bond acceptors (Lipinski definition) is 4. The van der Waals surface area contributed by atoms with Crippen molar-refractivity contribution in [3.05, 3.63) is 53.5 Å². The van der Waals surface area contributed by atoms with Crippen LogP contribution in [-0.2, 0) is 13.6 Å². The minimum absolute atomic E-state index is 0. The van der Waals surface area contributed by atoms with E-state index in [2.05, 4.69) is 11.8 Å². The zero-order valence-electron chi connectivity index (χ0n) is 20.3. The van der Waals surface area contributed by atoms with Gasteiger partial charge in [-0.2, -0.15) is 0 Å². The quantitative estimate of drug-likeness (QED) is 0.431. The first-order valence-electron chi connectivity index (χ1n) is 11.6. The molecule has 2 aliphatic heterocycles. The number of benzene rings is 2. The number of rotatable bonds is 6. The van der Waals surface area contributed by atoms with Gasteiger partial charge in [-0.25, -0.2) is 4.39 Å². The Hall–Kier alpha value is -2.48. The van der Waals surface area contributed by atoms with E-state index < -0.39 is 0 Å². The number of aromatic nitrogens is 1. The summed E-state index contributed by atoms with van der Waals surface area (Å²) in [5, 5.41) is 0.780. The van der Waals surface area contributed by atoms with Crippen LogP contribution in [-0.4, -0.2) is 48.7 Å². The normalized spacial score (nSPS) is 16.1. The van der Waals surface area contributed by atoms with Crippen LogP contribution in [0.3, 0.4) is 0 Å². The highest BCUT2D eigenvalue weighted by atomic mass is 35.5. The molecule has 1 aromatic heterocycles. The Balaban J connectivity index is 0.00000171. The average Bonchev–Trinajstić information content (AvgIpc) is 3.29. The van der Waals surface area contributed by atoms with Gasteiger partial charge in [-0.3, -0.25) is 9.69 Å². The van der Waals surface area contributed by atoms with Crippen molar-refractivity contribution in [2.24, 2.45) is 13.0 Å². The van der Waals surface area contributed by atoms with Crippen molar-refractivity contribution in [1.29, 1.82) is 0 Å². The van der Waals surface area contributed by atoms with E-state index in [1.54, 1.807) is 18.1 Å². The van der Waals surface area contributed by atoms with E-state index in [1.165, 1.54) is 25.0 Å². The van der Waals surface area contributed by atoms with Gasteiger partial charge in [0.1, 0.15) is 12.4 Å². The number of halogens is 3. The maximum atomic E-state index is 13.7. The number of methoxy groups -OCH3 is 1. The van der Waals surface area contributed by atoms with E-state index in [1.807, 2.05) is 29.8 Å². The number of anilines is 1. The van der Waals surface area contributed by atoms with Crippen LogP contribution < -0.4 is 14.4 Å². The first-order chi connectivity index (χ1) is 16.0. The summed E-state index contributed by atoms with van der Waals surface area (Å²) in [6.07, 6.45) is 2.47. The molecule has 0 atom stereocenters. The zero-order valence-corrected chi connectivity index (χ0v) is 21.9. The lowest BCUT2D eigenvalue weighted by Gasteiger charge is -2.30. The standard InChI is InChI=1S/C26H30FN3O3.2ClH/c1-17-8-10-29(11-9-17)12-13-33-24-15-19(5-7-23(24)32-3)30-16-22-25(26(30)31)20-6-4-18(27)14-21(20)28(22)2;;/h4-7,14-15,17H,8-13,16H2,1-3H3;2*1H. The minimum atomic E-state index is -0.304. The minimum Gasteiger partial charge on any atom is -0.493 e. The van der Waals surface area contributed by atoms with Gasteiger partial charge in [0.2, 0.25) is 0 Å². The Bertz CT molecular complexity index is 1210. The van der Waals surface area contributed by atoms with E-state index in [4.69, 9.17) is 9.47 Å².